The van der Waals surface area contributed by atoms with Crippen LogP contribution >= 0.6 is 0 Å². The normalized spacial score (nSPS) is 12.8. The van der Waals surface area contributed by atoms with Gasteiger partial charge in [0.25, 0.3) is 0 Å². The molecule has 0 aliphatic heterocycles. The summed E-state index contributed by atoms with van der Waals surface area (Å²) in [5, 5.41) is 10.9. The molecule has 11 heteroatoms. The fraction of sp³-hybridized carbons (Fsp3) is 0.808. The lowest BCUT2D eigenvalue weighted by Gasteiger charge is -2.31. The molecule has 214 valence electrons. The van der Waals surface area contributed by atoms with E-state index in [-0.39, 0.29) is 43.9 Å². The molecule has 0 rings (SSSR count). The number of rotatable bonds is 12. The van der Waals surface area contributed by atoms with Crippen LogP contribution in [0.25, 0.3) is 0 Å². The Labute approximate surface area is 221 Å². The molecule has 0 aliphatic rings. The Morgan fingerprint density at radius 1 is 0.514 bits per heavy atom. The highest BCUT2D eigenvalue weighted by atomic mass is 16.6. The average Bonchev–Trinajstić information content (AvgIpc) is 2.76. The quantitative estimate of drug-likeness (QED) is 0.171. The molecule has 0 atom stereocenters. The molecule has 37 heavy (non-hydrogen) atoms. The van der Waals surface area contributed by atoms with E-state index >= 15 is 0 Å². The van der Waals surface area contributed by atoms with Crippen LogP contribution in [0.15, 0.2) is 0 Å². The lowest BCUT2D eigenvalue weighted by Crippen LogP contribution is -2.53. The van der Waals surface area contributed by atoms with E-state index in [0.717, 1.165) is 0 Å². The molecule has 0 saturated heterocycles. The second kappa shape index (κ2) is 12.6. The molecule has 0 saturated carbocycles. The van der Waals surface area contributed by atoms with E-state index in [1.54, 1.807) is 76.2 Å². The molecular weight excluding hydrogens is 482 g/mol. The number of methoxy groups -OCH3 is 1. The Balaban J connectivity index is 4.85. The number of nitrogens with one attached hydrogen (secondary N) is 4. The summed E-state index contributed by atoms with van der Waals surface area (Å²) in [7, 11) is 1.29. The standard InChI is InChI=1S/C26H48N4O7/c1-22(2,3)37-21(35)30-15-25(8,9)19(33)28-13-23(4,5)17(31)27-14-24(6,7)18(32)29-16-26(10,11)20(34)36-12/h13-16H2,1-12H3,(H,27,31)(H,28,33)(H,29,32)(H,30,35)/i13+1,28+1. The van der Waals surface area contributed by atoms with E-state index < -0.39 is 39.3 Å². The van der Waals surface area contributed by atoms with E-state index in [4.69, 9.17) is 9.47 Å². The van der Waals surface area contributed by atoms with Gasteiger partial charge in [-0.1, -0.05) is 0 Å². The van der Waals surface area contributed by atoms with Gasteiger partial charge in [-0.25, -0.2) is 4.79 Å². The van der Waals surface area contributed by atoms with Crippen LogP contribution in [-0.2, 0) is 28.7 Å². The molecule has 0 aromatic carbocycles. The zero-order valence-electron chi connectivity index (χ0n) is 24.7. The molecule has 0 unspecified atom stereocenters. The molecule has 0 aromatic heterocycles. The van der Waals surface area contributed by atoms with Crippen molar-refractivity contribution in [3.05, 3.63) is 0 Å². The molecule has 0 bridgehead atoms. The van der Waals surface area contributed by atoms with E-state index in [9.17, 15) is 24.0 Å². The van der Waals surface area contributed by atoms with Crippen LogP contribution in [0.3, 0.4) is 0 Å². The van der Waals surface area contributed by atoms with E-state index in [1.165, 1.54) is 7.11 Å². The van der Waals surface area contributed by atoms with Crippen molar-refractivity contribution in [2.75, 3.05) is 33.3 Å². The summed E-state index contributed by atoms with van der Waals surface area (Å²) in [6.45, 7) is 18.9. The van der Waals surface area contributed by atoms with Crippen molar-refractivity contribution in [2.24, 2.45) is 21.7 Å². The first kappa shape index (κ1) is 34.1. The number of hydrogen-bond donors (Lipinski definition) is 4. The van der Waals surface area contributed by atoms with Crippen molar-refractivity contribution in [2.45, 2.75) is 81.8 Å². The number of esters is 1. The molecule has 0 aliphatic carbocycles. The minimum atomic E-state index is -0.968. The third kappa shape index (κ3) is 11.8. The topological polar surface area (TPSA) is 152 Å². The Morgan fingerprint density at radius 3 is 1.11 bits per heavy atom. The lowest BCUT2D eigenvalue weighted by molar-refractivity contribution is -0.150. The van der Waals surface area contributed by atoms with Crippen LogP contribution in [0.2, 0.25) is 0 Å². The number of ether oxygens (including phenoxy) is 2. The summed E-state index contributed by atoms with van der Waals surface area (Å²) in [6.07, 6.45) is -0.617. The van der Waals surface area contributed by atoms with Gasteiger partial charge in [0, 0.05) is 26.2 Å². The fourth-order valence-corrected chi connectivity index (χ4v) is 2.82. The largest absolute Gasteiger partial charge is 0.469 e. The Hall–Kier alpha value is -2.85. The average molecular weight is 531 g/mol. The van der Waals surface area contributed by atoms with Crippen molar-refractivity contribution in [3.63, 3.8) is 0 Å². The summed E-state index contributed by atoms with van der Waals surface area (Å²) in [4.78, 5) is 62.0. The van der Waals surface area contributed by atoms with Gasteiger partial charge in [0.1, 0.15) is 5.60 Å². The maximum atomic E-state index is 12.9. The SMILES string of the molecule is COC(=O)C(C)(C)CNC(=O)C(C)(C)CNC(=O)C(C)(C)[13CH2][15NH]C(=O)C(C)(C)CNC(=O)OC(C)(C)C. The van der Waals surface area contributed by atoms with Crippen LogP contribution in [-0.4, -0.2) is 68.7 Å². The van der Waals surface area contributed by atoms with Crippen LogP contribution in [0, 0.1) is 21.7 Å². The van der Waals surface area contributed by atoms with E-state index in [2.05, 4.69) is 21.3 Å². The second-order valence-electron chi connectivity index (χ2n) is 12.9. The van der Waals surface area contributed by atoms with Crippen molar-refractivity contribution < 1.29 is 33.4 Å². The van der Waals surface area contributed by atoms with Crippen LogP contribution in [0.5, 0.6) is 0 Å². The molecule has 0 radical (unpaired) electrons. The summed E-state index contributed by atoms with van der Waals surface area (Å²) in [6, 6.07) is 0. The minimum Gasteiger partial charge on any atom is -0.469 e. The van der Waals surface area contributed by atoms with Gasteiger partial charge in [-0.05, 0) is 76.2 Å². The minimum absolute atomic E-state index is 0.0491. The molecule has 0 spiro atoms. The van der Waals surface area contributed by atoms with Crippen LogP contribution in [0.4, 0.5) is 4.79 Å². The first-order valence-electron chi connectivity index (χ1n) is 12.4. The first-order valence-corrected chi connectivity index (χ1v) is 12.4. The van der Waals surface area contributed by atoms with Crippen molar-refractivity contribution in [3.8, 4) is 0 Å². The molecular formula is C26H48N4O7. The Morgan fingerprint density at radius 2 is 0.811 bits per heavy atom. The molecule has 0 heterocycles. The van der Waals surface area contributed by atoms with E-state index in [1.807, 2.05) is 0 Å². The number of carbonyl (C=O) groups excluding carboxylic acids is 5. The van der Waals surface area contributed by atoms with Gasteiger partial charge < -0.3 is 30.7 Å². The number of carbonyl (C=O) groups is 5. The number of alkyl carbamates (subject to hydrolysis) is 1. The maximum absolute atomic E-state index is 12.9. The highest BCUT2D eigenvalue weighted by molar-refractivity contribution is 5.87. The van der Waals surface area contributed by atoms with Gasteiger partial charge in [-0.3, -0.25) is 19.2 Å². The highest BCUT2D eigenvalue weighted by Crippen LogP contribution is 2.21. The van der Waals surface area contributed by atoms with Gasteiger partial charge in [0.15, 0.2) is 0 Å². The molecule has 4 N–H and O–H groups in total. The van der Waals surface area contributed by atoms with Crippen LogP contribution in [0.1, 0.15) is 76.2 Å². The smallest absolute Gasteiger partial charge is 0.407 e. The zero-order valence-corrected chi connectivity index (χ0v) is 24.7. The summed E-state index contributed by atoms with van der Waals surface area (Å²) < 4.78 is 9.94. The molecule has 11 nitrogen and oxygen atoms in total. The number of amides is 4. The monoisotopic (exact) mass is 530 g/mol. The van der Waals surface area contributed by atoms with Crippen molar-refractivity contribution in [1.29, 1.82) is 0 Å². The molecule has 0 aromatic rings. The predicted molar refractivity (Wildman–Crippen MR) is 140 cm³/mol. The summed E-state index contributed by atoms with van der Waals surface area (Å²) in [5.41, 5.74) is -4.40. The van der Waals surface area contributed by atoms with Crippen LogP contribution < -0.4 is 21.3 Å². The van der Waals surface area contributed by atoms with Crippen molar-refractivity contribution in [1.82, 2.24) is 21.3 Å². The lowest BCUT2D eigenvalue weighted by atomic mass is 9.89. The fourth-order valence-electron chi connectivity index (χ4n) is 2.82. The molecule has 4 amide bonds. The summed E-state index contributed by atoms with van der Waals surface area (Å²) >= 11 is 0. The molecule has 0 fully saturated rings. The Kier molecular flexibility index (Phi) is 11.6. The van der Waals surface area contributed by atoms with Gasteiger partial charge in [-0.15, -0.1) is 0 Å². The highest BCUT2D eigenvalue weighted by Gasteiger charge is 2.36. The number of hydrogen-bond acceptors (Lipinski definition) is 7. The first-order chi connectivity index (χ1) is 16.5. The van der Waals surface area contributed by atoms with Gasteiger partial charge in [-0.2, -0.15) is 0 Å². The van der Waals surface area contributed by atoms with Gasteiger partial charge in [0.05, 0.1) is 28.8 Å². The summed E-state index contributed by atoms with van der Waals surface area (Å²) in [5.74, 6) is -1.44. The van der Waals surface area contributed by atoms with Crippen molar-refractivity contribution >= 4 is 29.8 Å². The zero-order chi connectivity index (χ0) is 29.5. The third-order valence-electron chi connectivity index (χ3n) is 5.73. The maximum Gasteiger partial charge on any atom is 0.407 e. The van der Waals surface area contributed by atoms with Gasteiger partial charge in [0.2, 0.25) is 17.7 Å². The second-order valence-corrected chi connectivity index (χ2v) is 12.9. The van der Waals surface area contributed by atoms with Gasteiger partial charge >= 0.3 is 12.1 Å². The van der Waals surface area contributed by atoms with E-state index in [0.29, 0.717) is 0 Å². The third-order valence-corrected chi connectivity index (χ3v) is 5.73. The Bertz CT molecular complexity index is 855. The predicted octanol–water partition coefficient (Wildman–Crippen LogP) is 2.14.